The van der Waals surface area contributed by atoms with Crippen molar-refractivity contribution >= 4 is 5.82 Å². The lowest BCUT2D eigenvalue weighted by atomic mass is 10.0. The summed E-state index contributed by atoms with van der Waals surface area (Å²) < 4.78 is 0. The second kappa shape index (κ2) is 4.69. The normalized spacial score (nSPS) is 16.1. The van der Waals surface area contributed by atoms with Crippen molar-refractivity contribution in [3.05, 3.63) is 18.0 Å². The fourth-order valence-electron chi connectivity index (χ4n) is 2.39. The Morgan fingerprint density at radius 2 is 2.11 bits per heavy atom. The fraction of sp³-hybridized carbons (Fsp3) is 0.455. The van der Waals surface area contributed by atoms with Crippen LogP contribution in [0.4, 0.5) is 5.82 Å². The van der Waals surface area contributed by atoms with Crippen molar-refractivity contribution in [3.63, 3.8) is 0 Å². The third-order valence-corrected chi connectivity index (χ3v) is 3.31. The number of nitrogen functional groups attached to an aromatic ring is 1. The summed E-state index contributed by atoms with van der Waals surface area (Å²) in [4.78, 5) is 8.87. The lowest BCUT2D eigenvalue weighted by molar-refractivity contribution is 0.695. The molecule has 7 nitrogen and oxygen atoms in total. The first-order valence-corrected chi connectivity index (χ1v) is 6.08. The van der Waals surface area contributed by atoms with Crippen molar-refractivity contribution in [3.8, 4) is 11.5 Å². The molecule has 0 bridgehead atoms. The van der Waals surface area contributed by atoms with Gasteiger partial charge in [-0.2, -0.15) is 15.4 Å². The second-order valence-corrected chi connectivity index (χ2v) is 4.48. The molecule has 0 spiro atoms. The van der Waals surface area contributed by atoms with E-state index in [1.165, 1.54) is 25.7 Å². The Kier molecular flexibility index (Phi) is 2.89. The number of H-pyrrole nitrogens is 1. The predicted octanol–water partition coefficient (Wildman–Crippen LogP) is 1.20. The molecule has 1 saturated carbocycles. The van der Waals surface area contributed by atoms with Crippen LogP contribution in [-0.2, 0) is 0 Å². The first-order valence-electron chi connectivity index (χ1n) is 6.08. The summed E-state index contributed by atoms with van der Waals surface area (Å²) in [5.41, 5.74) is 4.25. The monoisotopic (exact) mass is 245 g/mol. The van der Waals surface area contributed by atoms with Crippen molar-refractivity contribution < 1.29 is 0 Å². The minimum Gasteiger partial charge on any atom is -0.308 e. The van der Waals surface area contributed by atoms with Crippen LogP contribution in [0, 0.1) is 0 Å². The van der Waals surface area contributed by atoms with E-state index in [9.17, 15) is 0 Å². The van der Waals surface area contributed by atoms with Gasteiger partial charge in [0.1, 0.15) is 11.5 Å². The van der Waals surface area contributed by atoms with Gasteiger partial charge < -0.3 is 5.43 Å². The first kappa shape index (κ1) is 11.1. The van der Waals surface area contributed by atoms with Gasteiger partial charge in [0, 0.05) is 17.7 Å². The Morgan fingerprint density at radius 1 is 1.28 bits per heavy atom. The number of anilines is 1. The molecule has 1 aliphatic carbocycles. The third kappa shape index (κ3) is 2.04. The van der Waals surface area contributed by atoms with Gasteiger partial charge in [0.25, 0.3) is 0 Å². The van der Waals surface area contributed by atoms with Gasteiger partial charge in [-0.1, -0.05) is 12.8 Å². The van der Waals surface area contributed by atoms with Crippen molar-refractivity contribution in [1.82, 2.24) is 25.4 Å². The highest BCUT2D eigenvalue weighted by Crippen LogP contribution is 2.34. The van der Waals surface area contributed by atoms with Gasteiger partial charge in [0.2, 0.25) is 0 Å². The Hall–Kier alpha value is -2.02. The Bertz CT molecular complexity index is 516. The maximum Gasteiger partial charge on any atom is 0.184 e. The van der Waals surface area contributed by atoms with Gasteiger partial charge in [-0.05, 0) is 12.8 Å². The Balaban J connectivity index is 2.01. The SMILES string of the molecule is NNc1cc(C2CCCC2)nc(-c2cn[nH]n2)n1. The van der Waals surface area contributed by atoms with Crippen molar-refractivity contribution in [2.75, 3.05) is 5.43 Å². The molecule has 94 valence electrons. The molecule has 2 aromatic rings. The molecule has 7 heteroatoms. The summed E-state index contributed by atoms with van der Waals surface area (Å²) in [5.74, 6) is 7.13. The van der Waals surface area contributed by atoms with Gasteiger partial charge >= 0.3 is 0 Å². The minimum atomic E-state index is 0.505. The molecular weight excluding hydrogens is 230 g/mol. The van der Waals surface area contributed by atoms with E-state index in [0.29, 0.717) is 23.3 Å². The summed E-state index contributed by atoms with van der Waals surface area (Å²) in [6.07, 6.45) is 6.49. The molecule has 1 fully saturated rings. The number of hydrazine groups is 1. The molecule has 0 aromatic carbocycles. The topological polar surface area (TPSA) is 105 Å². The van der Waals surface area contributed by atoms with E-state index in [4.69, 9.17) is 5.84 Å². The number of hydrogen-bond donors (Lipinski definition) is 3. The largest absolute Gasteiger partial charge is 0.308 e. The van der Waals surface area contributed by atoms with Crippen molar-refractivity contribution in [2.24, 2.45) is 5.84 Å². The molecular formula is C11H15N7. The molecule has 0 unspecified atom stereocenters. The van der Waals surface area contributed by atoms with E-state index < -0.39 is 0 Å². The molecule has 2 heterocycles. The lowest BCUT2D eigenvalue weighted by Gasteiger charge is -2.11. The Labute approximate surface area is 104 Å². The summed E-state index contributed by atoms with van der Waals surface area (Å²) in [6.45, 7) is 0. The number of nitrogens with zero attached hydrogens (tertiary/aromatic N) is 4. The van der Waals surface area contributed by atoms with Crippen LogP contribution in [0.2, 0.25) is 0 Å². The van der Waals surface area contributed by atoms with Crippen LogP contribution < -0.4 is 11.3 Å². The molecule has 0 saturated heterocycles. The van der Waals surface area contributed by atoms with Crippen molar-refractivity contribution in [1.29, 1.82) is 0 Å². The van der Waals surface area contributed by atoms with Crippen molar-refractivity contribution in [2.45, 2.75) is 31.6 Å². The van der Waals surface area contributed by atoms with Gasteiger partial charge in [0.15, 0.2) is 5.82 Å². The van der Waals surface area contributed by atoms with Gasteiger partial charge in [-0.25, -0.2) is 15.8 Å². The summed E-state index contributed by atoms with van der Waals surface area (Å²) in [5, 5.41) is 10.3. The molecule has 0 radical (unpaired) electrons. The maximum absolute atomic E-state index is 5.46. The van der Waals surface area contributed by atoms with E-state index >= 15 is 0 Å². The minimum absolute atomic E-state index is 0.505. The predicted molar refractivity (Wildman–Crippen MR) is 66.4 cm³/mol. The molecule has 0 atom stereocenters. The Morgan fingerprint density at radius 3 is 2.78 bits per heavy atom. The van der Waals surface area contributed by atoms with Gasteiger partial charge in [-0.15, -0.1) is 0 Å². The molecule has 3 rings (SSSR count). The highest BCUT2D eigenvalue weighted by atomic mass is 15.3. The van der Waals surface area contributed by atoms with Crippen LogP contribution in [-0.4, -0.2) is 25.4 Å². The zero-order chi connectivity index (χ0) is 12.4. The maximum atomic E-state index is 5.46. The fourth-order valence-corrected chi connectivity index (χ4v) is 2.39. The summed E-state index contributed by atoms with van der Waals surface area (Å²) >= 11 is 0. The zero-order valence-electron chi connectivity index (χ0n) is 9.93. The van der Waals surface area contributed by atoms with E-state index in [-0.39, 0.29) is 0 Å². The smallest absolute Gasteiger partial charge is 0.184 e. The molecule has 0 amide bonds. The van der Waals surface area contributed by atoms with E-state index in [1.54, 1.807) is 6.20 Å². The highest BCUT2D eigenvalue weighted by molar-refractivity contribution is 5.51. The molecule has 18 heavy (non-hydrogen) atoms. The number of nitrogens with one attached hydrogen (secondary N) is 2. The second-order valence-electron chi connectivity index (χ2n) is 4.48. The van der Waals surface area contributed by atoms with Crippen LogP contribution in [0.1, 0.15) is 37.3 Å². The number of hydrogen-bond acceptors (Lipinski definition) is 6. The van der Waals surface area contributed by atoms with E-state index in [1.807, 2.05) is 6.07 Å². The molecule has 0 aliphatic heterocycles. The summed E-state index contributed by atoms with van der Waals surface area (Å²) in [7, 11) is 0. The van der Waals surface area contributed by atoms with Crippen LogP contribution in [0.5, 0.6) is 0 Å². The van der Waals surface area contributed by atoms with Crippen LogP contribution in [0.3, 0.4) is 0 Å². The average molecular weight is 245 g/mol. The zero-order valence-corrected chi connectivity index (χ0v) is 9.93. The van der Waals surface area contributed by atoms with E-state index in [2.05, 4.69) is 30.8 Å². The van der Waals surface area contributed by atoms with Crippen LogP contribution in [0.15, 0.2) is 12.3 Å². The lowest BCUT2D eigenvalue weighted by Crippen LogP contribution is -2.11. The van der Waals surface area contributed by atoms with Crippen LogP contribution >= 0.6 is 0 Å². The number of aromatic amines is 1. The third-order valence-electron chi connectivity index (χ3n) is 3.31. The van der Waals surface area contributed by atoms with Gasteiger partial charge in [0.05, 0.1) is 6.20 Å². The summed E-state index contributed by atoms with van der Waals surface area (Å²) in [6, 6.07) is 1.92. The molecule has 2 aromatic heterocycles. The van der Waals surface area contributed by atoms with E-state index in [0.717, 1.165) is 5.69 Å². The molecule has 1 aliphatic rings. The quantitative estimate of drug-likeness (QED) is 0.554. The first-order chi connectivity index (χ1) is 8.86. The standard InChI is InChI=1S/C11H15N7/c12-16-10-5-8(7-3-1-2-4-7)14-11(15-10)9-6-13-18-17-9/h5-7H,1-4,12H2,(H,13,17,18)(H,14,15,16). The van der Waals surface area contributed by atoms with Crippen LogP contribution in [0.25, 0.3) is 11.5 Å². The highest BCUT2D eigenvalue weighted by Gasteiger charge is 2.20. The average Bonchev–Trinajstić information content (AvgIpc) is 3.10. The number of rotatable bonds is 3. The molecule has 4 N–H and O–H groups in total. The number of nitrogens with two attached hydrogens (primary N) is 1. The van der Waals surface area contributed by atoms with Gasteiger partial charge in [-0.3, -0.25) is 0 Å². The number of aromatic nitrogens is 5.